The van der Waals surface area contributed by atoms with E-state index >= 15 is 0 Å². The first-order valence-electron chi connectivity index (χ1n) is 22.8. The molecule has 2 heterocycles. The Labute approximate surface area is 389 Å². The van der Waals surface area contributed by atoms with Crippen molar-refractivity contribution in [3.63, 3.8) is 0 Å². The molecule has 0 saturated carbocycles. The summed E-state index contributed by atoms with van der Waals surface area (Å²) in [6.07, 6.45) is 0. The Kier molecular flexibility index (Phi) is 9.88. The van der Waals surface area contributed by atoms with Gasteiger partial charge in [0.2, 0.25) is 0 Å². The van der Waals surface area contributed by atoms with E-state index in [2.05, 4.69) is 247 Å². The summed E-state index contributed by atoms with van der Waals surface area (Å²) in [5, 5.41) is 4.30. The van der Waals surface area contributed by atoms with E-state index in [0.29, 0.717) is 0 Å². The molecule has 10 aromatic carbocycles. The van der Waals surface area contributed by atoms with Gasteiger partial charge in [0.1, 0.15) is 11.2 Å². The van der Waals surface area contributed by atoms with Crippen molar-refractivity contribution in [2.24, 2.45) is 0 Å². The number of para-hydroxylation sites is 8. The van der Waals surface area contributed by atoms with Gasteiger partial charge in [-0.05, 0) is 128 Å². The molecule has 320 valence electrons. The Morgan fingerprint density at radius 2 is 0.716 bits per heavy atom. The molecular weight excluding hydrogens is 819 g/mol. The van der Waals surface area contributed by atoms with Crippen molar-refractivity contribution in [2.45, 2.75) is 13.8 Å². The summed E-state index contributed by atoms with van der Waals surface area (Å²) in [4.78, 5) is 7.06. The number of furan rings is 2. The van der Waals surface area contributed by atoms with Crippen LogP contribution in [0.25, 0.3) is 55.0 Å². The van der Waals surface area contributed by atoms with Crippen LogP contribution >= 0.6 is 0 Å². The van der Waals surface area contributed by atoms with Crippen LogP contribution in [0.2, 0.25) is 0 Å². The third-order valence-electron chi connectivity index (χ3n) is 12.9. The fourth-order valence-electron chi connectivity index (χ4n) is 9.83. The van der Waals surface area contributed by atoms with Gasteiger partial charge in [0.15, 0.2) is 11.2 Å². The van der Waals surface area contributed by atoms with Gasteiger partial charge < -0.3 is 23.5 Å². The minimum Gasteiger partial charge on any atom is -0.454 e. The average molecular weight is 864 g/mol. The zero-order valence-corrected chi connectivity index (χ0v) is 37.2. The summed E-state index contributed by atoms with van der Waals surface area (Å²) in [6, 6.07) is 83.6. The summed E-state index contributed by atoms with van der Waals surface area (Å²) in [5.41, 5.74) is 16.9. The SMILES string of the molecule is Cc1ccc(N(c2ccccc2)c2ccccc2)cc1-c1c(C)cc(N(c2ccccc2)c2cccc3c2oc2ccccc23)cc1N(c1ccccc1)c1cccc2c1oc1ccccc12. The summed E-state index contributed by atoms with van der Waals surface area (Å²) in [7, 11) is 0. The quantitative estimate of drug-likeness (QED) is 0.137. The van der Waals surface area contributed by atoms with Crippen LogP contribution in [0.1, 0.15) is 11.1 Å². The van der Waals surface area contributed by atoms with E-state index < -0.39 is 0 Å². The van der Waals surface area contributed by atoms with Crippen LogP contribution in [-0.2, 0) is 0 Å². The van der Waals surface area contributed by atoms with E-state index in [4.69, 9.17) is 8.83 Å². The normalized spacial score (nSPS) is 11.4. The molecule has 2 aromatic heterocycles. The highest BCUT2D eigenvalue weighted by Gasteiger charge is 2.28. The Bertz CT molecular complexity index is 3690. The van der Waals surface area contributed by atoms with Gasteiger partial charge in [-0.1, -0.05) is 140 Å². The van der Waals surface area contributed by atoms with Crippen LogP contribution in [0.4, 0.5) is 51.2 Å². The molecule has 67 heavy (non-hydrogen) atoms. The van der Waals surface area contributed by atoms with Crippen LogP contribution in [-0.4, -0.2) is 0 Å². The van der Waals surface area contributed by atoms with Gasteiger partial charge in [0, 0.05) is 61.2 Å². The molecule has 0 amide bonds. The second-order valence-corrected chi connectivity index (χ2v) is 17.0. The first kappa shape index (κ1) is 39.8. The molecule has 12 aromatic rings. The third kappa shape index (κ3) is 6.96. The van der Waals surface area contributed by atoms with Crippen molar-refractivity contribution in [1.82, 2.24) is 0 Å². The fourth-order valence-corrected chi connectivity index (χ4v) is 9.83. The minimum atomic E-state index is 0.818. The van der Waals surface area contributed by atoms with Gasteiger partial charge >= 0.3 is 0 Å². The van der Waals surface area contributed by atoms with Crippen LogP contribution < -0.4 is 14.7 Å². The molecule has 0 fully saturated rings. The molecule has 0 bridgehead atoms. The van der Waals surface area contributed by atoms with Gasteiger partial charge in [0.05, 0.1) is 17.1 Å². The van der Waals surface area contributed by atoms with E-state index in [1.165, 1.54) is 0 Å². The molecule has 0 radical (unpaired) electrons. The Balaban J connectivity index is 1.17. The van der Waals surface area contributed by atoms with E-state index in [1.807, 2.05) is 18.2 Å². The molecule has 0 aliphatic heterocycles. The molecule has 0 saturated heterocycles. The first-order valence-corrected chi connectivity index (χ1v) is 22.8. The van der Waals surface area contributed by atoms with Gasteiger partial charge in [-0.3, -0.25) is 0 Å². The summed E-state index contributed by atoms with van der Waals surface area (Å²) >= 11 is 0. The average Bonchev–Trinajstić information content (AvgIpc) is 3.96. The maximum Gasteiger partial charge on any atom is 0.159 e. The van der Waals surface area contributed by atoms with Crippen molar-refractivity contribution < 1.29 is 8.83 Å². The third-order valence-corrected chi connectivity index (χ3v) is 12.9. The topological polar surface area (TPSA) is 36.0 Å². The van der Waals surface area contributed by atoms with Crippen LogP contribution in [0.15, 0.2) is 245 Å². The monoisotopic (exact) mass is 863 g/mol. The van der Waals surface area contributed by atoms with Crippen molar-refractivity contribution in [3.05, 3.63) is 248 Å². The smallest absolute Gasteiger partial charge is 0.159 e. The lowest BCUT2D eigenvalue weighted by molar-refractivity contribution is 0.669. The number of fused-ring (bicyclic) bond motifs is 6. The number of aryl methyl sites for hydroxylation is 2. The Hall–Kier alpha value is -8.80. The lowest BCUT2D eigenvalue weighted by Gasteiger charge is -2.33. The van der Waals surface area contributed by atoms with Crippen molar-refractivity contribution in [2.75, 3.05) is 14.7 Å². The van der Waals surface area contributed by atoms with E-state index in [9.17, 15) is 0 Å². The predicted octanol–water partition coefficient (Wildman–Crippen LogP) is 18.2. The minimum absolute atomic E-state index is 0.818. The zero-order chi connectivity index (χ0) is 44.8. The highest BCUT2D eigenvalue weighted by Crippen LogP contribution is 2.51. The molecule has 0 spiro atoms. The van der Waals surface area contributed by atoms with Gasteiger partial charge in [0.25, 0.3) is 0 Å². The molecule has 0 N–H and O–H groups in total. The second-order valence-electron chi connectivity index (χ2n) is 17.0. The fraction of sp³-hybridized carbons (Fsp3) is 0.0323. The van der Waals surface area contributed by atoms with Crippen LogP contribution in [0.3, 0.4) is 0 Å². The van der Waals surface area contributed by atoms with E-state index in [0.717, 1.165) is 117 Å². The van der Waals surface area contributed by atoms with Crippen molar-refractivity contribution in [1.29, 1.82) is 0 Å². The zero-order valence-electron chi connectivity index (χ0n) is 37.2. The van der Waals surface area contributed by atoms with Crippen LogP contribution in [0.5, 0.6) is 0 Å². The second kappa shape index (κ2) is 16.6. The maximum atomic E-state index is 6.88. The molecule has 0 unspecified atom stereocenters. The number of rotatable bonds is 10. The first-order chi connectivity index (χ1) is 33.1. The summed E-state index contributed by atoms with van der Waals surface area (Å²) < 4.78 is 13.7. The number of hydrogen-bond donors (Lipinski definition) is 0. The van der Waals surface area contributed by atoms with Gasteiger partial charge in [-0.2, -0.15) is 0 Å². The van der Waals surface area contributed by atoms with Crippen molar-refractivity contribution >= 4 is 95.1 Å². The summed E-state index contributed by atoms with van der Waals surface area (Å²) in [6.45, 7) is 4.47. The van der Waals surface area contributed by atoms with Gasteiger partial charge in [-0.25, -0.2) is 0 Å². The lowest BCUT2D eigenvalue weighted by Crippen LogP contribution is -2.16. The Morgan fingerprint density at radius 3 is 1.24 bits per heavy atom. The maximum absolute atomic E-state index is 6.88. The molecule has 0 atom stereocenters. The largest absolute Gasteiger partial charge is 0.454 e. The molecular formula is C62H45N3O2. The van der Waals surface area contributed by atoms with E-state index in [-0.39, 0.29) is 0 Å². The summed E-state index contributed by atoms with van der Waals surface area (Å²) in [5.74, 6) is 0. The predicted molar refractivity (Wildman–Crippen MR) is 280 cm³/mol. The van der Waals surface area contributed by atoms with E-state index in [1.54, 1.807) is 0 Å². The Morgan fingerprint density at radius 1 is 0.284 bits per heavy atom. The highest BCUT2D eigenvalue weighted by molar-refractivity contribution is 6.12. The van der Waals surface area contributed by atoms with Crippen molar-refractivity contribution in [3.8, 4) is 11.1 Å². The molecule has 5 nitrogen and oxygen atoms in total. The standard InChI is InChI=1S/C62H45N3O2/c1-42-37-38-48(63(44-21-7-3-8-22-44)45-23-9-4-10-24-45)40-54(42)60-43(2)39-49(64(46-25-11-5-12-26-46)55-33-19-31-52-50-29-15-17-35-58(50)66-61(52)55)41-57(60)65(47-27-13-6-14-28-47)56-34-20-32-53-51-30-16-18-36-59(51)67-62(53)56/h3-41H,1-2H3. The number of benzene rings is 10. The molecule has 12 rings (SSSR count). The number of hydrogen-bond acceptors (Lipinski definition) is 5. The van der Waals surface area contributed by atoms with Gasteiger partial charge in [-0.15, -0.1) is 0 Å². The van der Waals surface area contributed by atoms with Crippen LogP contribution in [0, 0.1) is 13.8 Å². The lowest BCUT2D eigenvalue weighted by atomic mass is 9.92. The molecule has 5 heteroatoms. The highest BCUT2D eigenvalue weighted by atomic mass is 16.3. The number of nitrogens with zero attached hydrogens (tertiary/aromatic N) is 3. The molecule has 0 aliphatic rings. The molecule has 0 aliphatic carbocycles. The number of anilines is 9.